The van der Waals surface area contributed by atoms with E-state index < -0.39 is 27.9 Å². The molecule has 1 N–H and O–H groups in total. The van der Waals surface area contributed by atoms with E-state index in [0.717, 1.165) is 40.0 Å². The second kappa shape index (κ2) is 10.5. The van der Waals surface area contributed by atoms with Crippen molar-refractivity contribution in [3.05, 3.63) is 64.1 Å². The normalized spacial score (nSPS) is 17.8. The number of amides is 3. The van der Waals surface area contributed by atoms with E-state index in [4.69, 9.17) is 0 Å². The minimum absolute atomic E-state index is 0.0477. The van der Waals surface area contributed by atoms with Gasteiger partial charge < -0.3 is 10.2 Å². The Labute approximate surface area is 213 Å². The minimum Gasteiger partial charge on any atom is -0.352 e. The predicted molar refractivity (Wildman–Crippen MR) is 134 cm³/mol. The maximum absolute atomic E-state index is 13.3. The van der Waals surface area contributed by atoms with Gasteiger partial charge in [0.15, 0.2) is 0 Å². The minimum atomic E-state index is -4.00. The number of nitrogens with one attached hydrogen (secondary N) is 1. The van der Waals surface area contributed by atoms with Gasteiger partial charge in [-0.3, -0.25) is 14.4 Å². The first-order valence-electron chi connectivity index (χ1n) is 11.7. The first-order valence-corrected chi connectivity index (χ1v) is 13.9. The van der Waals surface area contributed by atoms with Crippen LogP contribution in [-0.4, -0.2) is 54.0 Å². The van der Waals surface area contributed by atoms with Gasteiger partial charge in [0, 0.05) is 30.0 Å². The van der Waals surface area contributed by atoms with Crippen molar-refractivity contribution in [1.82, 2.24) is 14.5 Å². The Morgan fingerprint density at radius 3 is 2.43 bits per heavy atom. The van der Waals surface area contributed by atoms with Crippen molar-refractivity contribution in [2.24, 2.45) is 0 Å². The maximum atomic E-state index is 13.3. The zero-order valence-corrected chi connectivity index (χ0v) is 21.8. The third-order valence-electron chi connectivity index (χ3n) is 6.58. The monoisotopic (exact) mass is 561 g/mol. The molecule has 0 radical (unpaired) electrons. The van der Waals surface area contributed by atoms with E-state index >= 15 is 0 Å². The van der Waals surface area contributed by atoms with Crippen LogP contribution in [0.5, 0.6) is 0 Å². The molecule has 35 heavy (non-hydrogen) atoms. The quantitative estimate of drug-likeness (QED) is 0.531. The lowest BCUT2D eigenvalue weighted by Crippen LogP contribution is -2.50. The highest BCUT2D eigenvalue weighted by Crippen LogP contribution is 2.30. The van der Waals surface area contributed by atoms with Crippen molar-refractivity contribution in [1.29, 1.82) is 0 Å². The summed E-state index contributed by atoms with van der Waals surface area (Å²) < 4.78 is 27.3. The molecule has 1 saturated carbocycles. The van der Waals surface area contributed by atoms with Gasteiger partial charge in [-0.2, -0.15) is 0 Å². The summed E-state index contributed by atoms with van der Waals surface area (Å²) in [5.41, 5.74) is 0.940. The molecular weight excluding hydrogens is 534 g/mol. The number of benzene rings is 2. The standard InChI is InChI=1S/C25H28BrN3O5S/c1-17(24(31)27-20-6-2-3-7-20)28(16-18-10-12-19(26)13-11-18)23(30)14-15-29-25(32)21-8-4-5-9-22(21)35(29,33)34/h4-5,8-13,17,20H,2-3,6-7,14-16H2,1H3,(H,27,31)/t17-/m0/s1. The Morgan fingerprint density at radius 2 is 1.77 bits per heavy atom. The highest BCUT2D eigenvalue weighted by molar-refractivity contribution is 9.10. The lowest BCUT2D eigenvalue weighted by atomic mass is 10.1. The summed E-state index contributed by atoms with van der Waals surface area (Å²) in [5, 5.41) is 3.04. The van der Waals surface area contributed by atoms with E-state index in [1.165, 1.54) is 17.0 Å². The molecule has 10 heteroatoms. The summed E-state index contributed by atoms with van der Waals surface area (Å²) >= 11 is 3.39. The molecule has 0 unspecified atom stereocenters. The number of nitrogens with zero attached hydrogens (tertiary/aromatic N) is 2. The first-order chi connectivity index (χ1) is 16.7. The van der Waals surface area contributed by atoms with Gasteiger partial charge in [-0.1, -0.05) is 53.0 Å². The number of carbonyl (C=O) groups is 3. The van der Waals surface area contributed by atoms with Crippen LogP contribution in [0.3, 0.4) is 0 Å². The van der Waals surface area contributed by atoms with Crippen LogP contribution < -0.4 is 5.32 Å². The van der Waals surface area contributed by atoms with Crippen LogP contribution in [0, 0.1) is 0 Å². The Kier molecular flexibility index (Phi) is 7.61. The van der Waals surface area contributed by atoms with Crippen LogP contribution in [-0.2, 0) is 26.2 Å². The van der Waals surface area contributed by atoms with Crippen LogP contribution >= 0.6 is 15.9 Å². The fourth-order valence-electron chi connectivity index (χ4n) is 4.55. The number of hydrogen-bond acceptors (Lipinski definition) is 5. The molecule has 186 valence electrons. The van der Waals surface area contributed by atoms with E-state index in [2.05, 4.69) is 21.2 Å². The van der Waals surface area contributed by atoms with Crippen molar-refractivity contribution in [3.63, 3.8) is 0 Å². The largest absolute Gasteiger partial charge is 0.352 e. The summed E-state index contributed by atoms with van der Waals surface area (Å²) in [6.45, 7) is 1.57. The molecular formula is C25H28BrN3O5S. The molecule has 2 aromatic rings. The molecule has 0 saturated heterocycles. The molecule has 0 bridgehead atoms. The van der Waals surface area contributed by atoms with Gasteiger partial charge in [-0.25, -0.2) is 12.7 Å². The molecule has 1 aliphatic carbocycles. The fraction of sp³-hybridized carbons (Fsp3) is 0.400. The number of rotatable bonds is 8. The maximum Gasteiger partial charge on any atom is 0.269 e. The van der Waals surface area contributed by atoms with Crippen molar-refractivity contribution < 1.29 is 22.8 Å². The SMILES string of the molecule is C[C@@H](C(=O)NC1CCCC1)N(Cc1ccc(Br)cc1)C(=O)CCN1C(=O)c2ccccc2S1(=O)=O. The summed E-state index contributed by atoms with van der Waals surface area (Å²) in [4.78, 5) is 40.4. The number of fused-ring (bicyclic) bond motifs is 1. The zero-order valence-electron chi connectivity index (χ0n) is 19.4. The third kappa shape index (κ3) is 5.43. The third-order valence-corrected chi connectivity index (χ3v) is 8.94. The van der Waals surface area contributed by atoms with E-state index in [-0.39, 0.29) is 41.9 Å². The second-order valence-corrected chi connectivity index (χ2v) is 11.7. The molecule has 4 rings (SSSR count). The van der Waals surface area contributed by atoms with E-state index in [9.17, 15) is 22.8 Å². The van der Waals surface area contributed by atoms with Gasteiger partial charge in [0.1, 0.15) is 10.9 Å². The number of hydrogen-bond donors (Lipinski definition) is 1. The molecule has 1 fully saturated rings. The number of halogens is 1. The van der Waals surface area contributed by atoms with E-state index in [1.54, 1.807) is 19.1 Å². The molecule has 8 nitrogen and oxygen atoms in total. The highest BCUT2D eigenvalue weighted by Gasteiger charge is 2.41. The van der Waals surface area contributed by atoms with Crippen LogP contribution in [0.1, 0.15) is 54.9 Å². The first kappa shape index (κ1) is 25.4. The topological polar surface area (TPSA) is 104 Å². The fourth-order valence-corrected chi connectivity index (χ4v) is 6.39. The van der Waals surface area contributed by atoms with Crippen LogP contribution in [0.25, 0.3) is 0 Å². The lowest BCUT2D eigenvalue weighted by Gasteiger charge is -2.30. The number of sulfonamides is 1. The molecule has 1 atom stereocenters. The molecule has 0 aromatic heterocycles. The molecule has 0 spiro atoms. The highest BCUT2D eigenvalue weighted by atomic mass is 79.9. The average Bonchev–Trinajstić information content (AvgIpc) is 3.42. The second-order valence-electron chi connectivity index (χ2n) is 8.94. The smallest absolute Gasteiger partial charge is 0.269 e. The lowest BCUT2D eigenvalue weighted by molar-refractivity contribution is -0.140. The van der Waals surface area contributed by atoms with Gasteiger partial charge in [0.05, 0.1) is 5.56 Å². The summed E-state index contributed by atoms with van der Waals surface area (Å²) in [6.07, 6.45) is 3.77. The van der Waals surface area contributed by atoms with Crippen molar-refractivity contribution in [2.75, 3.05) is 6.54 Å². The Bertz CT molecular complexity index is 1230. The number of carbonyl (C=O) groups excluding carboxylic acids is 3. The van der Waals surface area contributed by atoms with Crippen molar-refractivity contribution in [2.45, 2.75) is 62.6 Å². The van der Waals surface area contributed by atoms with Gasteiger partial charge in [-0.05, 0) is 49.6 Å². The van der Waals surface area contributed by atoms with Crippen LogP contribution in [0.2, 0.25) is 0 Å². The molecule has 1 aliphatic heterocycles. The van der Waals surface area contributed by atoms with Crippen molar-refractivity contribution >= 4 is 43.7 Å². The van der Waals surface area contributed by atoms with E-state index in [0.29, 0.717) is 0 Å². The van der Waals surface area contributed by atoms with Gasteiger partial charge in [-0.15, -0.1) is 0 Å². The predicted octanol–water partition coefficient (Wildman–Crippen LogP) is 3.46. The Balaban J connectivity index is 1.50. The Morgan fingerprint density at radius 1 is 1.11 bits per heavy atom. The molecule has 2 aliphatic rings. The summed E-state index contributed by atoms with van der Waals surface area (Å²) in [6, 6.07) is 12.8. The van der Waals surface area contributed by atoms with Crippen LogP contribution in [0.4, 0.5) is 0 Å². The van der Waals surface area contributed by atoms with Crippen molar-refractivity contribution in [3.8, 4) is 0 Å². The van der Waals surface area contributed by atoms with Gasteiger partial charge in [0.2, 0.25) is 11.8 Å². The Hall–Kier alpha value is -2.72. The molecule has 2 aromatic carbocycles. The van der Waals surface area contributed by atoms with Crippen LogP contribution in [0.15, 0.2) is 57.9 Å². The molecule has 1 heterocycles. The van der Waals surface area contributed by atoms with E-state index in [1.807, 2.05) is 24.3 Å². The summed E-state index contributed by atoms with van der Waals surface area (Å²) in [7, 11) is -4.00. The van der Waals surface area contributed by atoms with Gasteiger partial charge >= 0.3 is 0 Å². The average molecular weight is 562 g/mol. The summed E-state index contributed by atoms with van der Waals surface area (Å²) in [5.74, 6) is -1.28. The van der Waals surface area contributed by atoms with Gasteiger partial charge in [0.25, 0.3) is 15.9 Å². The molecule has 3 amide bonds. The zero-order chi connectivity index (χ0) is 25.2.